The van der Waals surface area contributed by atoms with E-state index in [1.165, 1.54) is 241 Å². The van der Waals surface area contributed by atoms with Crippen LogP contribution in [0.2, 0.25) is 0 Å². The summed E-state index contributed by atoms with van der Waals surface area (Å²) in [4.78, 5) is 0. The molecule has 12 rings (SSSR count). The second-order valence-electron chi connectivity index (χ2n) is 26.8. The molecule has 0 spiro atoms. The Balaban J connectivity index is -0.000000144. The molecule has 90 heavy (non-hydrogen) atoms. The largest absolute Gasteiger partial charge is 2.00 e. The predicted molar refractivity (Wildman–Crippen MR) is 399 cm³/mol. The van der Waals surface area contributed by atoms with Crippen LogP contribution < -0.4 is 0 Å². The summed E-state index contributed by atoms with van der Waals surface area (Å²) >= 11 is 0. The molecule has 8 saturated carbocycles. The van der Waals surface area contributed by atoms with Crippen molar-refractivity contribution in [2.45, 2.75) is 311 Å². The van der Waals surface area contributed by atoms with Gasteiger partial charge >= 0.3 is 68.3 Å². The molecule has 0 radical (unpaired) electrons. The molecule has 8 unspecified atom stereocenters. The van der Waals surface area contributed by atoms with Crippen LogP contribution in [0, 0.1) is 123 Å². The summed E-state index contributed by atoms with van der Waals surface area (Å²) in [5.41, 5.74) is 12.4. The molecule has 0 bridgehead atoms. The van der Waals surface area contributed by atoms with Crippen LogP contribution in [0.1, 0.15) is 328 Å². The fourth-order valence-corrected chi connectivity index (χ4v) is 15.8. The SMILES string of the molecule is C1CCCC1.C1CCCC1.C1CCCC1.C1CCCC1.CCC1CCCC1c1ccccc1C.CCC1CCCC1c1ccccc1C.Cc1ccccc1C1CCCC1C(C)C.Cc1ccccc1C1CCCC1C(C)C.[CH3-].[CH3-].[CH3-].[CH3-].[CH3-].[CH3-].[CH3-].[CH3-].[Fe+2].[Fe+2].[Fe+2].[Fe+2]. The average Bonchev–Trinajstić information content (AvgIpc) is 3.94. The van der Waals surface area contributed by atoms with Gasteiger partial charge in [-0.1, -0.05) is 306 Å². The van der Waals surface area contributed by atoms with Crippen LogP contribution in [-0.4, -0.2) is 0 Å². The molecule has 8 aliphatic rings. The van der Waals surface area contributed by atoms with Gasteiger partial charge in [0.25, 0.3) is 0 Å². The Bertz CT molecular complexity index is 1920. The predicted octanol–water partition coefficient (Wildman–Crippen LogP) is 29.0. The quantitative estimate of drug-likeness (QED) is 0.122. The monoisotopic (exact) mass is 1400 g/mol. The fourth-order valence-electron chi connectivity index (χ4n) is 15.8. The molecule has 4 aromatic carbocycles. The molecular weight excluding hydrogens is 1260 g/mol. The topological polar surface area (TPSA) is 0 Å². The van der Waals surface area contributed by atoms with Gasteiger partial charge in [0.05, 0.1) is 0 Å². The fraction of sp³-hybridized carbons (Fsp3) is 0.628. The zero-order chi connectivity index (χ0) is 55.7. The van der Waals surface area contributed by atoms with E-state index in [1.807, 2.05) is 0 Å². The first-order chi connectivity index (χ1) is 38.0. The third-order valence-corrected chi connectivity index (χ3v) is 20.6. The minimum atomic E-state index is 0. The Hall–Kier alpha value is -1.04. The molecule has 524 valence electrons. The van der Waals surface area contributed by atoms with Crippen LogP contribution in [0.25, 0.3) is 0 Å². The second kappa shape index (κ2) is 62.7. The summed E-state index contributed by atoms with van der Waals surface area (Å²) < 4.78 is 0. The van der Waals surface area contributed by atoms with E-state index in [0.29, 0.717) is 0 Å². The standard InChI is InChI=1S/2C15H22.2C14H20.4C5H10.8CH3.4Fe/c2*1-11(2)13-9-6-10-15(13)14-8-5-4-7-12(14)3;2*1-3-12-8-6-10-14(12)13-9-5-4-7-11(13)2;4*1-2-4-5-3-1;;;;;;;;;;;;/h2*4-5,7-8,11,13,15H,6,9-10H2,1-3H3;2*4-5,7,9,12,14H,3,6,8,10H2,1-2H3;4*1-5H2;8*1H3;;;;/q;;;;;;;;8*-1;4*+2. The maximum Gasteiger partial charge on any atom is 2.00 e. The molecule has 4 aromatic rings. The Morgan fingerprint density at radius 3 is 0.622 bits per heavy atom. The van der Waals surface area contributed by atoms with E-state index in [9.17, 15) is 0 Å². The summed E-state index contributed by atoms with van der Waals surface area (Å²) in [7, 11) is 0. The third kappa shape index (κ3) is 37.5. The van der Waals surface area contributed by atoms with Crippen molar-refractivity contribution in [2.24, 2.45) is 35.5 Å². The van der Waals surface area contributed by atoms with E-state index in [1.54, 1.807) is 22.3 Å². The van der Waals surface area contributed by atoms with Crippen molar-refractivity contribution in [1.82, 2.24) is 0 Å². The Labute approximate surface area is 611 Å². The van der Waals surface area contributed by atoms with E-state index in [4.69, 9.17) is 0 Å². The first-order valence-corrected chi connectivity index (χ1v) is 34.3. The summed E-state index contributed by atoms with van der Waals surface area (Å²) in [5, 5.41) is 0. The first kappa shape index (κ1) is 105. The van der Waals surface area contributed by atoms with Crippen molar-refractivity contribution in [3.63, 3.8) is 0 Å². The number of rotatable bonds is 8. The third-order valence-electron chi connectivity index (χ3n) is 20.6. The molecule has 0 heterocycles. The minimum Gasteiger partial charge on any atom is -0.358 e. The number of hydrogen-bond acceptors (Lipinski definition) is 0. The average molecular weight is 1410 g/mol. The summed E-state index contributed by atoms with van der Waals surface area (Å²) in [6, 6.07) is 35.7. The van der Waals surface area contributed by atoms with Gasteiger partial charge in [-0.05, 0) is 183 Å². The van der Waals surface area contributed by atoms with Gasteiger partial charge in [0.2, 0.25) is 0 Å². The van der Waals surface area contributed by atoms with Gasteiger partial charge in [-0.3, -0.25) is 0 Å². The molecule has 0 aliphatic heterocycles. The molecular formula is C86H148Fe4. The van der Waals surface area contributed by atoms with Gasteiger partial charge in [0, 0.05) is 0 Å². The molecule has 8 fully saturated rings. The molecule has 0 amide bonds. The molecule has 4 heteroatoms. The van der Waals surface area contributed by atoms with Gasteiger partial charge in [0.1, 0.15) is 0 Å². The second-order valence-corrected chi connectivity index (χ2v) is 26.8. The van der Waals surface area contributed by atoms with Crippen LogP contribution in [0.5, 0.6) is 0 Å². The molecule has 0 aromatic heterocycles. The number of aryl methyl sites for hydroxylation is 4. The van der Waals surface area contributed by atoms with Crippen LogP contribution in [0.15, 0.2) is 97.1 Å². The first-order valence-electron chi connectivity index (χ1n) is 34.3. The molecule has 0 N–H and O–H groups in total. The van der Waals surface area contributed by atoms with Crippen LogP contribution in [0.4, 0.5) is 0 Å². The summed E-state index contributed by atoms with van der Waals surface area (Å²) in [6.07, 6.45) is 49.7. The van der Waals surface area contributed by atoms with Crippen molar-refractivity contribution in [1.29, 1.82) is 0 Å². The van der Waals surface area contributed by atoms with E-state index in [2.05, 4.69) is 166 Å². The smallest absolute Gasteiger partial charge is 0.358 e. The number of hydrogen-bond donors (Lipinski definition) is 0. The Kier molecular flexibility index (Phi) is 73.2. The summed E-state index contributed by atoms with van der Waals surface area (Å²) in [5.74, 6) is 8.71. The van der Waals surface area contributed by atoms with Crippen LogP contribution in [0.3, 0.4) is 0 Å². The van der Waals surface area contributed by atoms with Crippen LogP contribution in [-0.2, 0) is 68.3 Å². The van der Waals surface area contributed by atoms with Gasteiger partial charge in [0.15, 0.2) is 0 Å². The van der Waals surface area contributed by atoms with Gasteiger partial charge in [-0.15, -0.1) is 0 Å². The molecule has 0 nitrogen and oxygen atoms in total. The maximum absolute atomic E-state index is 2.38. The van der Waals surface area contributed by atoms with E-state index >= 15 is 0 Å². The normalized spacial score (nSPS) is 22.4. The van der Waals surface area contributed by atoms with Gasteiger partial charge in [-0.2, -0.15) is 0 Å². The number of benzene rings is 4. The van der Waals surface area contributed by atoms with Gasteiger partial charge < -0.3 is 59.4 Å². The van der Waals surface area contributed by atoms with Crippen molar-refractivity contribution in [2.75, 3.05) is 0 Å². The summed E-state index contributed by atoms with van der Waals surface area (Å²) in [6.45, 7) is 23.2. The Morgan fingerprint density at radius 1 is 0.256 bits per heavy atom. The zero-order valence-corrected chi connectivity index (χ0v) is 66.9. The zero-order valence-electron chi connectivity index (χ0n) is 62.5. The maximum atomic E-state index is 2.38. The van der Waals surface area contributed by atoms with Crippen molar-refractivity contribution in [3.8, 4) is 0 Å². The van der Waals surface area contributed by atoms with Crippen LogP contribution >= 0.6 is 0 Å². The van der Waals surface area contributed by atoms with Crippen molar-refractivity contribution < 1.29 is 68.3 Å². The van der Waals surface area contributed by atoms with E-state index in [-0.39, 0.29) is 128 Å². The minimum absolute atomic E-state index is 0. The van der Waals surface area contributed by atoms with Crippen molar-refractivity contribution in [3.05, 3.63) is 201 Å². The molecule has 8 aliphatic carbocycles. The Morgan fingerprint density at radius 2 is 0.433 bits per heavy atom. The van der Waals surface area contributed by atoms with Gasteiger partial charge in [-0.25, -0.2) is 0 Å². The molecule has 8 atom stereocenters. The molecule has 0 saturated heterocycles. The van der Waals surface area contributed by atoms with E-state index < -0.39 is 0 Å². The van der Waals surface area contributed by atoms with Crippen molar-refractivity contribution >= 4 is 0 Å². The van der Waals surface area contributed by atoms with E-state index in [0.717, 1.165) is 59.2 Å².